The molecule has 0 amide bonds. The normalized spacial score (nSPS) is 16.9. The summed E-state index contributed by atoms with van der Waals surface area (Å²) in [6.45, 7) is 3.30. The Morgan fingerprint density at radius 2 is 2.24 bits per heavy atom. The van der Waals surface area contributed by atoms with Gasteiger partial charge in [-0.1, -0.05) is 0 Å². The van der Waals surface area contributed by atoms with Gasteiger partial charge in [-0.05, 0) is 25.9 Å². The molecular weight excluding hydrogens is 220 g/mol. The van der Waals surface area contributed by atoms with Crippen LogP contribution >= 0.6 is 0 Å². The van der Waals surface area contributed by atoms with Crippen molar-refractivity contribution in [2.24, 2.45) is 0 Å². The monoisotopic (exact) mass is 234 g/mol. The first kappa shape index (κ1) is 10.5. The molecule has 1 aliphatic heterocycles. The number of aromatic nitrogens is 1. The van der Waals surface area contributed by atoms with E-state index < -0.39 is 0 Å². The van der Waals surface area contributed by atoms with Crippen molar-refractivity contribution in [3.8, 4) is 0 Å². The van der Waals surface area contributed by atoms with E-state index in [2.05, 4.69) is 9.88 Å². The lowest BCUT2D eigenvalue weighted by Crippen LogP contribution is -2.21. The van der Waals surface area contributed by atoms with Crippen molar-refractivity contribution in [3.05, 3.63) is 17.9 Å². The maximum Gasteiger partial charge on any atom is 0.211 e. The van der Waals surface area contributed by atoms with Gasteiger partial charge in [0.15, 0.2) is 12.2 Å². The Hall–Kier alpha value is -1.62. The second-order valence-electron chi connectivity index (χ2n) is 4.34. The number of rotatable bonds is 4. The predicted molar refractivity (Wildman–Crippen MR) is 61.0 cm³/mol. The van der Waals surface area contributed by atoms with Gasteiger partial charge in [0.2, 0.25) is 11.3 Å². The molecule has 0 atom stereocenters. The number of hydrogen-bond acceptors (Lipinski definition) is 5. The summed E-state index contributed by atoms with van der Waals surface area (Å²) in [4.78, 5) is 17.4. The van der Waals surface area contributed by atoms with E-state index in [1.54, 1.807) is 0 Å². The van der Waals surface area contributed by atoms with Crippen LogP contribution in [0.4, 0.5) is 0 Å². The van der Waals surface area contributed by atoms with Crippen molar-refractivity contribution < 1.29 is 13.6 Å². The van der Waals surface area contributed by atoms with E-state index >= 15 is 0 Å². The van der Waals surface area contributed by atoms with E-state index in [1.165, 1.54) is 32.2 Å². The molecule has 3 rings (SSSR count). The summed E-state index contributed by atoms with van der Waals surface area (Å²) >= 11 is 0. The summed E-state index contributed by atoms with van der Waals surface area (Å²) in [6.07, 6.45) is 5.46. The van der Waals surface area contributed by atoms with Gasteiger partial charge in [0.1, 0.15) is 11.8 Å². The minimum absolute atomic E-state index is 0.222. The molecule has 0 aromatic carbocycles. The third-order valence-electron chi connectivity index (χ3n) is 3.17. The zero-order valence-electron chi connectivity index (χ0n) is 9.52. The van der Waals surface area contributed by atoms with Crippen molar-refractivity contribution >= 4 is 17.4 Å². The largest absolute Gasteiger partial charge is 0.455 e. The number of carbonyl (C=O) groups is 1. The van der Waals surface area contributed by atoms with E-state index in [-0.39, 0.29) is 5.76 Å². The lowest BCUT2D eigenvalue weighted by atomic mass is 10.4. The van der Waals surface area contributed by atoms with Crippen molar-refractivity contribution in [1.29, 1.82) is 0 Å². The lowest BCUT2D eigenvalue weighted by molar-refractivity contribution is 0.110. The van der Waals surface area contributed by atoms with E-state index in [9.17, 15) is 4.79 Å². The van der Waals surface area contributed by atoms with Crippen LogP contribution in [0.2, 0.25) is 0 Å². The molecule has 0 saturated carbocycles. The molecule has 0 radical (unpaired) electrons. The molecule has 17 heavy (non-hydrogen) atoms. The second-order valence-corrected chi connectivity index (χ2v) is 4.34. The smallest absolute Gasteiger partial charge is 0.211 e. The minimum atomic E-state index is 0.222. The molecule has 0 unspecified atom stereocenters. The van der Waals surface area contributed by atoms with Gasteiger partial charge in [-0.15, -0.1) is 0 Å². The minimum Gasteiger partial charge on any atom is -0.455 e. The standard InChI is InChI=1S/C12H14N2O3/c15-7-10-12-9(8-16-10)13-11(17-12)3-6-14-4-1-2-5-14/h7-8H,1-6H2. The van der Waals surface area contributed by atoms with Crippen molar-refractivity contribution in [1.82, 2.24) is 9.88 Å². The number of hydrogen-bond donors (Lipinski definition) is 0. The fourth-order valence-corrected chi connectivity index (χ4v) is 2.26. The summed E-state index contributed by atoms with van der Waals surface area (Å²) in [5, 5.41) is 0. The van der Waals surface area contributed by atoms with Crippen LogP contribution in [0.1, 0.15) is 29.3 Å². The molecule has 3 heterocycles. The highest BCUT2D eigenvalue weighted by Gasteiger charge is 2.16. The van der Waals surface area contributed by atoms with Gasteiger partial charge < -0.3 is 13.7 Å². The summed E-state index contributed by atoms with van der Waals surface area (Å²) in [5.74, 6) is 0.903. The predicted octanol–water partition coefficient (Wildman–Crippen LogP) is 1.87. The van der Waals surface area contributed by atoms with Crippen LogP contribution in [0.25, 0.3) is 11.1 Å². The maximum atomic E-state index is 10.7. The van der Waals surface area contributed by atoms with E-state index in [4.69, 9.17) is 8.83 Å². The summed E-state index contributed by atoms with van der Waals surface area (Å²) in [5.41, 5.74) is 1.10. The zero-order chi connectivity index (χ0) is 11.7. The van der Waals surface area contributed by atoms with Crippen molar-refractivity contribution in [2.75, 3.05) is 19.6 Å². The Balaban J connectivity index is 1.72. The quantitative estimate of drug-likeness (QED) is 0.756. The number of carbonyl (C=O) groups excluding carboxylic acids is 1. The summed E-state index contributed by atoms with van der Waals surface area (Å²) in [7, 11) is 0. The first-order valence-electron chi connectivity index (χ1n) is 5.91. The number of oxazole rings is 1. The lowest BCUT2D eigenvalue weighted by Gasteiger charge is -2.12. The molecule has 0 aliphatic carbocycles. The summed E-state index contributed by atoms with van der Waals surface area (Å²) < 4.78 is 10.5. The van der Waals surface area contributed by atoms with Crippen LogP contribution in [-0.2, 0) is 6.42 Å². The Labute approximate surface area is 98.4 Å². The molecule has 90 valence electrons. The molecule has 1 fully saturated rings. The van der Waals surface area contributed by atoms with Gasteiger partial charge in [0.25, 0.3) is 0 Å². The first-order valence-corrected chi connectivity index (χ1v) is 5.91. The molecule has 2 aromatic heterocycles. The third kappa shape index (κ3) is 1.98. The van der Waals surface area contributed by atoms with Gasteiger partial charge >= 0.3 is 0 Å². The number of fused-ring (bicyclic) bond motifs is 1. The van der Waals surface area contributed by atoms with Crippen LogP contribution in [0.5, 0.6) is 0 Å². The van der Waals surface area contributed by atoms with Crippen LogP contribution in [0, 0.1) is 0 Å². The highest BCUT2D eigenvalue weighted by molar-refractivity contribution is 5.89. The highest BCUT2D eigenvalue weighted by Crippen LogP contribution is 2.21. The molecule has 5 nitrogen and oxygen atoms in total. The average Bonchev–Trinajstić information content (AvgIpc) is 3.02. The third-order valence-corrected chi connectivity index (χ3v) is 3.17. The van der Waals surface area contributed by atoms with Gasteiger partial charge in [0.05, 0.1) is 0 Å². The van der Waals surface area contributed by atoms with E-state index in [0.29, 0.717) is 23.3 Å². The Morgan fingerprint density at radius 1 is 1.41 bits per heavy atom. The molecule has 5 heteroatoms. The molecule has 0 bridgehead atoms. The highest BCUT2D eigenvalue weighted by atomic mass is 16.4. The molecule has 0 spiro atoms. The molecule has 2 aromatic rings. The number of furan rings is 1. The summed E-state index contributed by atoms with van der Waals surface area (Å²) in [6, 6.07) is 0. The Morgan fingerprint density at radius 3 is 3.00 bits per heavy atom. The van der Waals surface area contributed by atoms with E-state index in [0.717, 1.165) is 13.0 Å². The molecule has 1 saturated heterocycles. The Kier molecular flexibility index (Phi) is 2.68. The zero-order valence-corrected chi connectivity index (χ0v) is 9.52. The molecular formula is C12H14N2O3. The van der Waals surface area contributed by atoms with E-state index in [1.807, 2.05) is 0 Å². The van der Waals surface area contributed by atoms with Crippen molar-refractivity contribution in [3.63, 3.8) is 0 Å². The number of nitrogens with zero attached hydrogens (tertiary/aromatic N) is 2. The van der Waals surface area contributed by atoms with Crippen LogP contribution in [0.3, 0.4) is 0 Å². The van der Waals surface area contributed by atoms with Gasteiger partial charge in [-0.3, -0.25) is 4.79 Å². The molecule has 1 aliphatic rings. The molecule has 0 N–H and O–H groups in total. The van der Waals surface area contributed by atoms with Crippen LogP contribution in [0.15, 0.2) is 15.1 Å². The van der Waals surface area contributed by atoms with Crippen LogP contribution < -0.4 is 0 Å². The number of likely N-dealkylation sites (tertiary alicyclic amines) is 1. The first-order chi connectivity index (χ1) is 8.36. The Bertz CT molecular complexity index is 523. The van der Waals surface area contributed by atoms with Gasteiger partial charge in [0, 0.05) is 13.0 Å². The average molecular weight is 234 g/mol. The van der Waals surface area contributed by atoms with Gasteiger partial charge in [-0.2, -0.15) is 0 Å². The maximum absolute atomic E-state index is 10.7. The topological polar surface area (TPSA) is 59.5 Å². The SMILES string of the molecule is O=Cc1occ2nc(CCN3CCCC3)oc12. The van der Waals surface area contributed by atoms with Crippen molar-refractivity contribution in [2.45, 2.75) is 19.3 Å². The fraction of sp³-hybridized carbons (Fsp3) is 0.500. The van der Waals surface area contributed by atoms with Gasteiger partial charge in [-0.25, -0.2) is 4.98 Å². The fourth-order valence-electron chi connectivity index (χ4n) is 2.26. The number of aldehydes is 1. The second kappa shape index (κ2) is 4.33. The van der Waals surface area contributed by atoms with Crippen LogP contribution in [-0.4, -0.2) is 35.8 Å².